The maximum Gasteiger partial charge on any atom is 0.309 e. The van der Waals surface area contributed by atoms with E-state index in [1.54, 1.807) is 7.11 Å². The Kier molecular flexibility index (Phi) is 5.71. The Bertz CT molecular complexity index is 597. The van der Waals surface area contributed by atoms with Gasteiger partial charge in [0.25, 0.3) is 5.91 Å². The van der Waals surface area contributed by atoms with Crippen LogP contribution in [-0.2, 0) is 19.1 Å². The molecule has 136 valence electrons. The molecule has 3 atom stereocenters. The minimum atomic E-state index is -0.774. The first kappa shape index (κ1) is 17.9. The first-order valence-corrected chi connectivity index (χ1v) is 8.82. The van der Waals surface area contributed by atoms with Crippen LogP contribution in [0.3, 0.4) is 0 Å². The van der Waals surface area contributed by atoms with Crippen molar-refractivity contribution in [2.24, 2.45) is 11.8 Å². The van der Waals surface area contributed by atoms with Crippen LogP contribution in [0.4, 0.5) is 0 Å². The van der Waals surface area contributed by atoms with E-state index in [1.165, 1.54) is 0 Å². The molecule has 25 heavy (non-hydrogen) atoms. The predicted molar refractivity (Wildman–Crippen MR) is 91.0 cm³/mol. The van der Waals surface area contributed by atoms with Crippen molar-refractivity contribution in [3.8, 4) is 0 Å². The van der Waals surface area contributed by atoms with Gasteiger partial charge in [-0.2, -0.15) is 0 Å². The van der Waals surface area contributed by atoms with E-state index in [2.05, 4.69) is 0 Å². The second kappa shape index (κ2) is 7.97. The fraction of sp³-hybridized carbons (Fsp3) is 0.579. The number of rotatable bonds is 5. The van der Waals surface area contributed by atoms with Gasteiger partial charge < -0.3 is 19.5 Å². The van der Waals surface area contributed by atoms with Crippen LogP contribution in [0.1, 0.15) is 30.9 Å². The van der Waals surface area contributed by atoms with Crippen LogP contribution in [0.25, 0.3) is 0 Å². The quantitative estimate of drug-likeness (QED) is 0.883. The van der Waals surface area contributed by atoms with Crippen molar-refractivity contribution in [1.82, 2.24) is 4.90 Å². The average Bonchev–Trinajstić information content (AvgIpc) is 3.13. The number of aliphatic carboxylic acids is 1. The summed E-state index contributed by atoms with van der Waals surface area (Å²) in [4.78, 5) is 26.0. The molecule has 0 aromatic heterocycles. The number of carboxylic acid groups (broad SMARTS) is 1. The molecule has 6 nitrogen and oxygen atoms in total. The van der Waals surface area contributed by atoms with Crippen molar-refractivity contribution in [3.05, 3.63) is 35.9 Å². The maximum atomic E-state index is 12.8. The molecule has 1 amide bonds. The lowest BCUT2D eigenvalue weighted by atomic mass is 9.84. The Hall–Kier alpha value is -1.92. The molecule has 0 aliphatic carbocycles. The first-order chi connectivity index (χ1) is 12.1. The number of carbonyl (C=O) groups is 2. The second-order valence-corrected chi connectivity index (χ2v) is 6.76. The lowest BCUT2D eigenvalue weighted by Crippen LogP contribution is -2.45. The van der Waals surface area contributed by atoms with Crippen LogP contribution < -0.4 is 0 Å². The number of benzene rings is 1. The normalized spacial score (nSPS) is 25.7. The van der Waals surface area contributed by atoms with Gasteiger partial charge in [-0.15, -0.1) is 0 Å². The smallest absolute Gasteiger partial charge is 0.309 e. The van der Waals surface area contributed by atoms with Gasteiger partial charge in [0.15, 0.2) is 6.10 Å². The number of amides is 1. The van der Waals surface area contributed by atoms with Gasteiger partial charge in [-0.1, -0.05) is 30.3 Å². The van der Waals surface area contributed by atoms with E-state index in [1.807, 2.05) is 35.2 Å². The molecule has 2 unspecified atom stereocenters. The van der Waals surface area contributed by atoms with Crippen molar-refractivity contribution >= 4 is 11.9 Å². The minimum absolute atomic E-state index is 0.0331. The van der Waals surface area contributed by atoms with E-state index in [4.69, 9.17) is 9.47 Å². The van der Waals surface area contributed by atoms with Crippen LogP contribution in [0, 0.1) is 11.8 Å². The fourth-order valence-electron chi connectivity index (χ4n) is 3.96. The first-order valence-electron chi connectivity index (χ1n) is 8.82. The summed E-state index contributed by atoms with van der Waals surface area (Å²) in [5, 5.41) is 9.32. The lowest BCUT2D eigenvalue weighted by molar-refractivity contribution is -0.148. The van der Waals surface area contributed by atoms with Crippen molar-refractivity contribution < 1.29 is 24.2 Å². The third-order valence-corrected chi connectivity index (χ3v) is 5.33. The van der Waals surface area contributed by atoms with Gasteiger partial charge in [0.05, 0.1) is 12.0 Å². The monoisotopic (exact) mass is 347 g/mol. The van der Waals surface area contributed by atoms with Gasteiger partial charge in [-0.05, 0) is 30.7 Å². The summed E-state index contributed by atoms with van der Waals surface area (Å²) in [6.45, 7) is 1.74. The van der Waals surface area contributed by atoms with Crippen LogP contribution >= 0.6 is 0 Å². The van der Waals surface area contributed by atoms with Gasteiger partial charge in [0.1, 0.15) is 0 Å². The standard InChI is InChI=1S/C19H25NO5/c1-24-17(13-5-3-2-4-6-13)18(21)20-10-7-14(8-11-20)16-15(19(22)23)9-12-25-16/h2-6,14-17H,7-12H2,1H3,(H,22,23)/t15?,16-,17?/m0/s1. The summed E-state index contributed by atoms with van der Waals surface area (Å²) in [6, 6.07) is 9.48. The fourth-order valence-corrected chi connectivity index (χ4v) is 3.96. The summed E-state index contributed by atoms with van der Waals surface area (Å²) >= 11 is 0. The van der Waals surface area contributed by atoms with E-state index in [9.17, 15) is 14.7 Å². The molecule has 3 rings (SSSR count). The van der Waals surface area contributed by atoms with Crippen LogP contribution in [0.5, 0.6) is 0 Å². The number of nitrogens with zero attached hydrogens (tertiary/aromatic N) is 1. The highest BCUT2D eigenvalue weighted by atomic mass is 16.5. The van der Waals surface area contributed by atoms with Gasteiger partial charge in [-0.3, -0.25) is 9.59 Å². The molecule has 2 aliphatic heterocycles. The number of carbonyl (C=O) groups excluding carboxylic acids is 1. The molecular weight excluding hydrogens is 322 g/mol. The molecule has 6 heteroatoms. The molecule has 0 radical (unpaired) electrons. The summed E-state index contributed by atoms with van der Waals surface area (Å²) < 4.78 is 11.1. The zero-order valence-corrected chi connectivity index (χ0v) is 14.5. The largest absolute Gasteiger partial charge is 0.481 e. The van der Waals surface area contributed by atoms with Gasteiger partial charge in [0.2, 0.25) is 0 Å². The maximum absolute atomic E-state index is 12.8. The topological polar surface area (TPSA) is 76.1 Å². The minimum Gasteiger partial charge on any atom is -0.481 e. The van der Waals surface area contributed by atoms with E-state index >= 15 is 0 Å². The van der Waals surface area contributed by atoms with E-state index < -0.39 is 18.0 Å². The van der Waals surface area contributed by atoms with Gasteiger partial charge in [-0.25, -0.2) is 0 Å². The summed E-state index contributed by atoms with van der Waals surface area (Å²) in [7, 11) is 1.55. The Morgan fingerprint density at radius 2 is 1.88 bits per heavy atom. The number of piperidine rings is 1. The van der Waals surface area contributed by atoms with Crippen molar-refractivity contribution in [2.75, 3.05) is 26.8 Å². The molecule has 2 aliphatic rings. The van der Waals surface area contributed by atoms with Crippen LogP contribution in [0.15, 0.2) is 30.3 Å². The van der Waals surface area contributed by atoms with E-state index in [-0.39, 0.29) is 17.9 Å². The summed E-state index contributed by atoms with van der Waals surface area (Å²) in [5.41, 5.74) is 0.849. The van der Waals surface area contributed by atoms with Crippen LogP contribution in [0.2, 0.25) is 0 Å². The van der Waals surface area contributed by atoms with Gasteiger partial charge >= 0.3 is 5.97 Å². The zero-order valence-electron chi connectivity index (χ0n) is 14.5. The second-order valence-electron chi connectivity index (χ2n) is 6.76. The third-order valence-electron chi connectivity index (χ3n) is 5.33. The number of hydrogen-bond donors (Lipinski definition) is 1. The van der Waals surface area contributed by atoms with Gasteiger partial charge in [0, 0.05) is 26.8 Å². The molecule has 2 saturated heterocycles. The highest BCUT2D eigenvalue weighted by molar-refractivity contribution is 5.82. The summed E-state index contributed by atoms with van der Waals surface area (Å²) in [6.07, 6.45) is 1.31. The highest BCUT2D eigenvalue weighted by Crippen LogP contribution is 2.34. The number of ether oxygens (including phenoxy) is 2. The van der Waals surface area contributed by atoms with E-state index in [0.717, 1.165) is 18.4 Å². The summed E-state index contributed by atoms with van der Waals surface area (Å²) in [5.74, 6) is -1.02. The molecule has 0 bridgehead atoms. The Morgan fingerprint density at radius 3 is 2.48 bits per heavy atom. The average molecular weight is 347 g/mol. The molecule has 1 aromatic carbocycles. The molecule has 0 saturated carbocycles. The Morgan fingerprint density at radius 1 is 1.20 bits per heavy atom. The highest BCUT2D eigenvalue weighted by Gasteiger charge is 2.41. The number of methoxy groups -OCH3 is 1. The Labute approximate surface area is 147 Å². The third kappa shape index (κ3) is 3.85. The molecular formula is C19H25NO5. The molecule has 2 fully saturated rings. The number of hydrogen-bond acceptors (Lipinski definition) is 4. The van der Waals surface area contributed by atoms with Crippen LogP contribution in [-0.4, -0.2) is 54.8 Å². The van der Waals surface area contributed by atoms with Crippen molar-refractivity contribution in [2.45, 2.75) is 31.5 Å². The predicted octanol–water partition coefficient (Wildman–Crippen LogP) is 2.10. The number of carboxylic acids is 1. The zero-order chi connectivity index (χ0) is 17.8. The van der Waals surface area contributed by atoms with E-state index in [0.29, 0.717) is 26.1 Å². The lowest BCUT2D eigenvalue weighted by Gasteiger charge is -2.36. The molecule has 1 aromatic rings. The molecule has 1 N–H and O–H groups in total. The SMILES string of the molecule is COC(C(=O)N1CCC([C@@H]2OCCC2C(=O)O)CC1)c1ccccc1. The molecule has 2 heterocycles. The molecule has 0 spiro atoms. The Balaban J connectivity index is 1.60. The van der Waals surface area contributed by atoms with Crippen molar-refractivity contribution in [3.63, 3.8) is 0 Å². The number of likely N-dealkylation sites (tertiary alicyclic amines) is 1. The van der Waals surface area contributed by atoms with Crippen molar-refractivity contribution in [1.29, 1.82) is 0 Å².